The Hall–Kier alpha value is -1.10. The van der Waals surface area contributed by atoms with E-state index in [4.69, 9.17) is 9.47 Å². The molecule has 0 aromatic rings. The minimum absolute atomic E-state index is 0.0554. The zero-order valence-corrected chi connectivity index (χ0v) is 50.9. The predicted molar refractivity (Wildman–Crippen MR) is 326 cm³/mol. The molecule has 0 aliphatic heterocycles. The maximum Gasteiger partial charge on any atom is 0.306 e. The molecule has 5 heteroatoms. The lowest BCUT2D eigenvalue weighted by molar-refractivity contribution is -0.161. The number of aliphatic hydroxyl groups excluding tert-OH is 1. The second kappa shape index (κ2) is 66.2. The topological polar surface area (TPSA) is 72.8 Å². The minimum atomic E-state index is -0.765. The lowest BCUT2D eigenvalue weighted by Crippen LogP contribution is -2.28. The van der Waals surface area contributed by atoms with Crippen LogP contribution in [0.1, 0.15) is 412 Å². The third-order valence-electron chi connectivity index (χ3n) is 16.4. The smallest absolute Gasteiger partial charge is 0.306 e. The van der Waals surface area contributed by atoms with Gasteiger partial charge in [-0.1, -0.05) is 386 Å². The maximum absolute atomic E-state index is 12.3. The van der Waals surface area contributed by atoms with Crippen LogP contribution in [0.3, 0.4) is 0 Å². The van der Waals surface area contributed by atoms with Gasteiger partial charge < -0.3 is 14.6 Å². The van der Waals surface area contributed by atoms with Gasteiger partial charge in [0.05, 0.1) is 6.61 Å². The molecule has 442 valence electrons. The standard InChI is InChI=1S/C69H136O5/c1-3-5-7-9-11-13-15-17-19-21-23-25-27-28-29-30-31-32-33-34-35-36-37-38-39-40-41-42-44-46-48-50-52-54-56-58-60-62-64-69(72)74-67(65-70)66-73-68(71)63-61-59-57-55-53-51-49-47-45-43-26-24-22-20-18-16-14-12-10-8-6-4-2/h67,70H,3-66H2,1-2H3. The highest BCUT2D eigenvalue weighted by Gasteiger charge is 2.16. The van der Waals surface area contributed by atoms with Crippen LogP contribution in [0, 0.1) is 0 Å². The lowest BCUT2D eigenvalue weighted by atomic mass is 10.0. The molecule has 0 rings (SSSR count). The van der Waals surface area contributed by atoms with Crippen LogP contribution in [0.25, 0.3) is 0 Å². The summed E-state index contributed by atoms with van der Waals surface area (Å²) in [5, 5.41) is 9.69. The zero-order valence-electron chi connectivity index (χ0n) is 50.9. The molecule has 0 spiro atoms. The third kappa shape index (κ3) is 63.4. The average Bonchev–Trinajstić information content (AvgIpc) is 3.40. The van der Waals surface area contributed by atoms with Crippen LogP contribution >= 0.6 is 0 Å². The fraction of sp³-hybridized carbons (Fsp3) is 0.971. The highest BCUT2D eigenvalue weighted by Crippen LogP contribution is 2.20. The predicted octanol–water partition coefficient (Wildman–Crippen LogP) is 23.7. The van der Waals surface area contributed by atoms with Crippen molar-refractivity contribution < 1.29 is 24.2 Å². The van der Waals surface area contributed by atoms with Crippen molar-refractivity contribution in [3.8, 4) is 0 Å². The Kier molecular flexibility index (Phi) is 65.2. The Morgan fingerprint density at radius 2 is 0.419 bits per heavy atom. The van der Waals surface area contributed by atoms with Gasteiger partial charge in [-0.15, -0.1) is 0 Å². The molecular weight excluding hydrogens is 909 g/mol. The van der Waals surface area contributed by atoms with E-state index in [1.165, 1.54) is 353 Å². The van der Waals surface area contributed by atoms with Crippen molar-refractivity contribution in [1.29, 1.82) is 0 Å². The van der Waals surface area contributed by atoms with Crippen LogP contribution in [0.15, 0.2) is 0 Å². The van der Waals surface area contributed by atoms with Gasteiger partial charge in [-0.2, -0.15) is 0 Å². The SMILES string of the molecule is CCCCCCCCCCCCCCCCCCCCCCCCCCCCCCCCCCCCCCCCC(=O)OC(CO)COC(=O)CCCCCCCCCCCCCCCCCCCCCCCC. The number of hydrogen-bond acceptors (Lipinski definition) is 5. The first kappa shape index (κ1) is 72.9. The summed E-state index contributed by atoms with van der Waals surface area (Å²) < 4.78 is 10.8. The molecule has 0 saturated carbocycles. The molecule has 0 aromatic heterocycles. The summed E-state index contributed by atoms with van der Waals surface area (Å²) in [6, 6.07) is 0. The molecule has 0 heterocycles. The first-order valence-electron chi connectivity index (χ1n) is 34.6. The van der Waals surface area contributed by atoms with Crippen LogP contribution in [0.4, 0.5) is 0 Å². The molecule has 0 fully saturated rings. The van der Waals surface area contributed by atoms with Gasteiger partial charge in [0.2, 0.25) is 0 Å². The zero-order chi connectivity index (χ0) is 53.4. The van der Waals surface area contributed by atoms with Crippen molar-refractivity contribution in [3.05, 3.63) is 0 Å². The van der Waals surface area contributed by atoms with Crippen molar-refractivity contribution in [3.63, 3.8) is 0 Å². The van der Waals surface area contributed by atoms with Gasteiger partial charge in [0, 0.05) is 12.8 Å². The monoisotopic (exact) mass is 1050 g/mol. The second-order valence-electron chi connectivity index (χ2n) is 24.0. The van der Waals surface area contributed by atoms with E-state index < -0.39 is 6.10 Å². The number of carbonyl (C=O) groups is 2. The van der Waals surface area contributed by atoms with Gasteiger partial charge in [-0.3, -0.25) is 9.59 Å². The fourth-order valence-corrected chi connectivity index (χ4v) is 11.2. The first-order chi connectivity index (χ1) is 36.6. The molecule has 1 N–H and O–H groups in total. The van der Waals surface area contributed by atoms with E-state index in [1.807, 2.05) is 0 Å². The normalized spacial score (nSPS) is 12.0. The van der Waals surface area contributed by atoms with Gasteiger partial charge in [0.15, 0.2) is 6.10 Å². The number of hydrogen-bond donors (Lipinski definition) is 1. The minimum Gasteiger partial charge on any atom is -0.462 e. The molecule has 5 nitrogen and oxygen atoms in total. The number of unbranched alkanes of at least 4 members (excludes halogenated alkanes) is 58. The first-order valence-corrected chi connectivity index (χ1v) is 34.6. The van der Waals surface area contributed by atoms with Crippen molar-refractivity contribution in [2.75, 3.05) is 13.2 Å². The molecule has 0 aromatic carbocycles. The van der Waals surface area contributed by atoms with Crippen LogP contribution in [0.2, 0.25) is 0 Å². The van der Waals surface area contributed by atoms with Crippen molar-refractivity contribution >= 4 is 11.9 Å². The third-order valence-corrected chi connectivity index (χ3v) is 16.4. The van der Waals surface area contributed by atoms with Crippen LogP contribution in [0.5, 0.6) is 0 Å². The summed E-state index contributed by atoms with van der Waals surface area (Å²) in [5.41, 5.74) is 0. The average molecular weight is 1050 g/mol. The Balaban J connectivity index is 3.33. The summed E-state index contributed by atoms with van der Waals surface area (Å²) in [6.07, 6.45) is 83.0. The van der Waals surface area contributed by atoms with E-state index >= 15 is 0 Å². The van der Waals surface area contributed by atoms with E-state index in [0.717, 1.165) is 32.1 Å². The van der Waals surface area contributed by atoms with E-state index in [9.17, 15) is 14.7 Å². The number of aliphatic hydroxyl groups is 1. The highest BCUT2D eigenvalue weighted by atomic mass is 16.6. The Bertz CT molecular complexity index is 1050. The highest BCUT2D eigenvalue weighted by molar-refractivity contribution is 5.70. The van der Waals surface area contributed by atoms with Gasteiger partial charge in [-0.25, -0.2) is 0 Å². The summed E-state index contributed by atoms with van der Waals surface area (Å²) in [7, 11) is 0. The molecule has 0 radical (unpaired) electrons. The quantitative estimate of drug-likeness (QED) is 0.0485. The molecule has 0 aliphatic rings. The van der Waals surface area contributed by atoms with Crippen molar-refractivity contribution in [2.24, 2.45) is 0 Å². The van der Waals surface area contributed by atoms with Crippen LogP contribution < -0.4 is 0 Å². The lowest BCUT2D eigenvalue weighted by Gasteiger charge is -2.15. The number of rotatable bonds is 66. The second-order valence-corrected chi connectivity index (χ2v) is 24.0. The summed E-state index contributed by atoms with van der Waals surface area (Å²) in [5.74, 6) is -0.559. The fourth-order valence-electron chi connectivity index (χ4n) is 11.2. The van der Waals surface area contributed by atoms with Gasteiger partial charge in [-0.05, 0) is 12.8 Å². The molecule has 0 bridgehead atoms. The molecule has 74 heavy (non-hydrogen) atoms. The molecule has 0 amide bonds. The largest absolute Gasteiger partial charge is 0.462 e. The Labute approximate surface area is 465 Å². The van der Waals surface area contributed by atoms with Gasteiger partial charge in [0.1, 0.15) is 6.61 Å². The summed E-state index contributed by atoms with van der Waals surface area (Å²) in [6.45, 7) is 4.22. The molecule has 1 unspecified atom stereocenters. The van der Waals surface area contributed by atoms with Crippen LogP contribution in [-0.4, -0.2) is 36.4 Å². The Morgan fingerprint density at radius 3 is 0.595 bits per heavy atom. The number of ether oxygens (including phenoxy) is 2. The van der Waals surface area contributed by atoms with Gasteiger partial charge >= 0.3 is 11.9 Å². The van der Waals surface area contributed by atoms with Crippen molar-refractivity contribution in [2.45, 2.75) is 418 Å². The Morgan fingerprint density at radius 1 is 0.257 bits per heavy atom. The number of carbonyl (C=O) groups excluding carboxylic acids is 2. The molecule has 1 atom stereocenters. The van der Waals surface area contributed by atoms with E-state index in [2.05, 4.69) is 13.8 Å². The molecule has 0 saturated heterocycles. The van der Waals surface area contributed by atoms with E-state index in [1.54, 1.807) is 0 Å². The van der Waals surface area contributed by atoms with E-state index in [-0.39, 0.29) is 25.2 Å². The van der Waals surface area contributed by atoms with Crippen molar-refractivity contribution in [1.82, 2.24) is 0 Å². The summed E-state index contributed by atoms with van der Waals surface area (Å²) in [4.78, 5) is 24.6. The van der Waals surface area contributed by atoms with E-state index in [0.29, 0.717) is 12.8 Å². The molecule has 0 aliphatic carbocycles. The summed E-state index contributed by atoms with van der Waals surface area (Å²) >= 11 is 0. The molecular formula is C69H136O5. The number of esters is 2. The van der Waals surface area contributed by atoms with Crippen LogP contribution in [-0.2, 0) is 19.1 Å². The van der Waals surface area contributed by atoms with Gasteiger partial charge in [0.25, 0.3) is 0 Å². The maximum atomic E-state index is 12.3.